The zero-order chi connectivity index (χ0) is 21.6. The van der Waals surface area contributed by atoms with Crippen molar-refractivity contribution in [1.82, 2.24) is 10.6 Å². The lowest BCUT2D eigenvalue weighted by Gasteiger charge is -2.35. The largest absolute Gasteiger partial charge is 0.492 e. The van der Waals surface area contributed by atoms with E-state index in [0.29, 0.717) is 46.8 Å². The van der Waals surface area contributed by atoms with Crippen LogP contribution in [0.5, 0.6) is 11.5 Å². The average Bonchev–Trinajstić information content (AvgIpc) is 2.70. The standard InChI is InChI=1S/C22H22Cl2N2O4/c1-22(21(28)25-10-11-29-18-6-2-15(23)3-7-18)12-17(13-22)26-20(27)14-30-19-8-4-16(24)5-9-19/h2-9,12H,10-11,13-14H2,1H3,(H,25,28)(H,26,27). The molecule has 0 saturated heterocycles. The predicted molar refractivity (Wildman–Crippen MR) is 116 cm³/mol. The summed E-state index contributed by atoms with van der Waals surface area (Å²) in [6.07, 6.45) is 2.20. The van der Waals surface area contributed by atoms with E-state index in [1.54, 1.807) is 54.6 Å². The van der Waals surface area contributed by atoms with Gasteiger partial charge in [-0.15, -0.1) is 0 Å². The summed E-state index contributed by atoms with van der Waals surface area (Å²) in [5.74, 6) is 0.851. The second-order valence-electron chi connectivity index (χ2n) is 7.11. The van der Waals surface area contributed by atoms with Crippen LogP contribution < -0.4 is 20.1 Å². The van der Waals surface area contributed by atoms with Gasteiger partial charge in [0.25, 0.3) is 5.91 Å². The zero-order valence-corrected chi connectivity index (χ0v) is 17.9. The predicted octanol–water partition coefficient (Wildman–Crippen LogP) is 3.98. The molecule has 2 aromatic carbocycles. The molecule has 2 amide bonds. The quantitative estimate of drug-likeness (QED) is 0.568. The molecule has 6 nitrogen and oxygen atoms in total. The van der Waals surface area contributed by atoms with Gasteiger partial charge in [-0.05, 0) is 61.5 Å². The first-order valence-corrected chi connectivity index (χ1v) is 10.2. The van der Waals surface area contributed by atoms with E-state index in [1.165, 1.54) is 0 Å². The van der Waals surface area contributed by atoms with Crippen LogP contribution in [0.3, 0.4) is 0 Å². The Morgan fingerprint density at radius 1 is 0.967 bits per heavy atom. The maximum absolute atomic E-state index is 12.4. The number of halogens is 2. The van der Waals surface area contributed by atoms with E-state index in [4.69, 9.17) is 32.7 Å². The van der Waals surface area contributed by atoms with Gasteiger partial charge in [-0.25, -0.2) is 0 Å². The fraction of sp³-hybridized carbons (Fsp3) is 0.273. The number of allylic oxidation sites excluding steroid dienone is 1. The van der Waals surface area contributed by atoms with Crippen LogP contribution in [0, 0.1) is 5.41 Å². The van der Waals surface area contributed by atoms with E-state index < -0.39 is 5.41 Å². The first-order chi connectivity index (χ1) is 14.3. The molecule has 2 aromatic rings. The van der Waals surface area contributed by atoms with E-state index in [0.717, 1.165) is 0 Å². The number of hydrogen-bond donors (Lipinski definition) is 2. The molecule has 0 heterocycles. The molecular weight excluding hydrogens is 427 g/mol. The molecule has 1 aliphatic carbocycles. The highest BCUT2D eigenvalue weighted by Gasteiger charge is 2.39. The Hall–Kier alpha value is -2.70. The molecule has 30 heavy (non-hydrogen) atoms. The monoisotopic (exact) mass is 448 g/mol. The lowest BCUT2D eigenvalue weighted by Crippen LogP contribution is -2.46. The van der Waals surface area contributed by atoms with E-state index in [2.05, 4.69) is 10.6 Å². The maximum atomic E-state index is 12.4. The third-order valence-corrected chi connectivity index (χ3v) is 5.03. The number of nitrogens with one attached hydrogen (secondary N) is 2. The van der Waals surface area contributed by atoms with Crippen LogP contribution >= 0.6 is 23.2 Å². The van der Waals surface area contributed by atoms with Crippen LogP contribution in [0.2, 0.25) is 10.0 Å². The second-order valence-corrected chi connectivity index (χ2v) is 7.99. The molecule has 158 valence electrons. The molecule has 0 radical (unpaired) electrons. The Kier molecular flexibility index (Phi) is 7.24. The van der Waals surface area contributed by atoms with Crippen molar-refractivity contribution in [3.63, 3.8) is 0 Å². The number of carbonyl (C=O) groups is 2. The number of hydrogen-bond acceptors (Lipinski definition) is 4. The Labute approximate surface area is 185 Å². The molecule has 3 rings (SSSR count). The molecule has 1 atom stereocenters. The SMILES string of the molecule is CC1(C(=O)NCCOc2ccc(Cl)cc2)C=C(NC(=O)COc2ccc(Cl)cc2)C1. The molecule has 0 saturated carbocycles. The van der Waals surface area contributed by atoms with Crippen molar-refractivity contribution in [2.75, 3.05) is 19.8 Å². The van der Waals surface area contributed by atoms with Crippen LogP contribution in [0.1, 0.15) is 13.3 Å². The van der Waals surface area contributed by atoms with Crippen LogP contribution in [0.4, 0.5) is 0 Å². The Morgan fingerprint density at radius 3 is 2.07 bits per heavy atom. The summed E-state index contributed by atoms with van der Waals surface area (Å²) in [6, 6.07) is 13.8. The zero-order valence-electron chi connectivity index (χ0n) is 16.4. The summed E-state index contributed by atoms with van der Waals surface area (Å²) in [7, 11) is 0. The van der Waals surface area contributed by atoms with Gasteiger partial charge in [0.15, 0.2) is 6.61 Å². The summed E-state index contributed by atoms with van der Waals surface area (Å²) in [5.41, 5.74) is 0.0506. The van der Waals surface area contributed by atoms with Crippen molar-refractivity contribution in [1.29, 1.82) is 0 Å². The van der Waals surface area contributed by atoms with Crippen LogP contribution in [0.15, 0.2) is 60.3 Å². The fourth-order valence-electron chi connectivity index (χ4n) is 2.94. The van der Waals surface area contributed by atoms with Gasteiger partial charge < -0.3 is 20.1 Å². The van der Waals surface area contributed by atoms with Gasteiger partial charge in [-0.2, -0.15) is 0 Å². The molecule has 8 heteroatoms. The minimum atomic E-state index is -0.653. The Morgan fingerprint density at radius 2 is 1.50 bits per heavy atom. The lowest BCUT2D eigenvalue weighted by atomic mass is 9.74. The topological polar surface area (TPSA) is 76.7 Å². The average molecular weight is 449 g/mol. The summed E-state index contributed by atoms with van der Waals surface area (Å²) in [5, 5.41) is 6.84. The van der Waals surface area contributed by atoms with Gasteiger partial charge in [-0.1, -0.05) is 23.2 Å². The maximum Gasteiger partial charge on any atom is 0.262 e. The highest BCUT2D eigenvalue weighted by molar-refractivity contribution is 6.30. The summed E-state index contributed by atoms with van der Waals surface area (Å²) < 4.78 is 11.0. The molecule has 1 aliphatic rings. The molecule has 2 N–H and O–H groups in total. The van der Waals surface area contributed by atoms with Gasteiger partial charge in [0.1, 0.15) is 18.1 Å². The van der Waals surface area contributed by atoms with Crippen molar-refractivity contribution < 1.29 is 19.1 Å². The minimum absolute atomic E-state index is 0.113. The fourth-order valence-corrected chi connectivity index (χ4v) is 3.19. The number of amides is 2. The van der Waals surface area contributed by atoms with Crippen molar-refractivity contribution in [2.45, 2.75) is 13.3 Å². The highest BCUT2D eigenvalue weighted by atomic mass is 35.5. The Bertz CT molecular complexity index is 929. The van der Waals surface area contributed by atoms with E-state index >= 15 is 0 Å². The Balaban J connectivity index is 1.36. The molecule has 1 unspecified atom stereocenters. The van der Waals surface area contributed by atoms with Crippen LogP contribution in [0.25, 0.3) is 0 Å². The van der Waals surface area contributed by atoms with Gasteiger partial charge in [0.05, 0.1) is 12.0 Å². The van der Waals surface area contributed by atoms with Gasteiger partial charge >= 0.3 is 0 Å². The summed E-state index contributed by atoms with van der Waals surface area (Å²) >= 11 is 11.6. The van der Waals surface area contributed by atoms with Crippen LogP contribution in [-0.4, -0.2) is 31.6 Å². The van der Waals surface area contributed by atoms with E-state index in [-0.39, 0.29) is 18.4 Å². The lowest BCUT2D eigenvalue weighted by molar-refractivity contribution is -0.129. The normalized spacial score (nSPS) is 17.4. The number of rotatable bonds is 9. The van der Waals surface area contributed by atoms with Gasteiger partial charge in [0.2, 0.25) is 5.91 Å². The smallest absolute Gasteiger partial charge is 0.262 e. The number of benzene rings is 2. The van der Waals surface area contributed by atoms with Gasteiger partial charge in [-0.3, -0.25) is 9.59 Å². The molecule has 0 spiro atoms. The highest BCUT2D eigenvalue weighted by Crippen LogP contribution is 2.37. The van der Waals surface area contributed by atoms with Crippen molar-refractivity contribution in [3.8, 4) is 11.5 Å². The second kappa shape index (κ2) is 9.87. The minimum Gasteiger partial charge on any atom is -0.492 e. The molecule has 0 bridgehead atoms. The molecular formula is C22H22Cl2N2O4. The van der Waals surface area contributed by atoms with Crippen molar-refractivity contribution in [2.24, 2.45) is 5.41 Å². The van der Waals surface area contributed by atoms with Crippen molar-refractivity contribution in [3.05, 3.63) is 70.3 Å². The third-order valence-electron chi connectivity index (χ3n) is 4.52. The molecule has 0 fully saturated rings. The van der Waals surface area contributed by atoms with E-state index in [1.807, 2.05) is 6.92 Å². The number of carbonyl (C=O) groups excluding carboxylic acids is 2. The molecule has 0 aliphatic heterocycles. The first-order valence-electron chi connectivity index (χ1n) is 9.41. The number of ether oxygens (including phenoxy) is 2. The summed E-state index contributed by atoms with van der Waals surface area (Å²) in [6.45, 7) is 2.42. The first kappa shape index (κ1) is 22.0. The van der Waals surface area contributed by atoms with Crippen molar-refractivity contribution >= 4 is 35.0 Å². The van der Waals surface area contributed by atoms with Gasteiger partial charge in [0, 0.05) is 22.2 Å². The third kappa shape index (κ3) is 6.15. The summed E-state index contributed by atoms with van der Waals surface area (Å²) in [4.78, 5) is 24.4. The molecule has 0 aromatic heterocycles. The van der Waals surface area contributed by atoms with E-state index in [9.17, 15) is 9.59 Å². The van der Waals surface area contributed by atoms with Crippen LogP contribution in [-0.2, 0) is 9.59 Å².